The molecule has 0 radical (unpaired) electrons. The Labute approximate surface area is 325 Å². The maximum atomic E-state index is 5.02. The SMILES string of the molecule is c1ccc(-c2nc(-c3ccccc3)nc(-c3cccc(N(c4ccccc4)c4cccc(-c5ccc6c(c5)c5ccccc5n6-c5ccccc5)c4)c3)n2)cc1. The van der Waals surface area contributed by atoms with Crippen LogP contribution in [0.4, 0.5) is 17.1 Å². The van der Waals surface area contributed by atoms with E-state index in [4.69, 9.17) is 15.0 Å². The summed E-state index contributed by atoms with van der Waals surface area (Å²) < 4.78 is 2.35. The first-order valence-corrected chi connectivity index (χ1v) is 18.8. The zero-order valence-electron chi connectivity index (χ0n) is 30.4. The molecule has 2 heterocycles. The summed E-state index contributed by atoms with van der Waals surface area (Å²) >= 11 is 0. The molecule has 0 fully saturated rings. The summed E-state index contributed by atoms with van der Waals surface area (Å²) in [6, 6.07) is 74.0. The highest BCUT2D eigenvalue weighted by molar-refractivity contribution is 6.10. The van der Waals surface area contributed by atoms with Crippen LogP contribution in [0.15, 0.2) is 212 Å². The molecule has 10 aromatic rings. The molecule has 264 valence electrons. The number of aromatic nitrogens is 4. The summed E-state index contributed by atoms with van der Waals surface area (Å²) in [6.07, 6.45) is 0. The van der Waals surface area contributed by atoms with Crippen LogP contribution in [0.2, 0.25) is 0 Å². The zero-order chi connectivity index (χ0) is 37.3. The van der Waals surface area contributed by atoms with E-state index < -0.39 is 0 Å². The number of rotatable bonds is 8. The van der Waals surface area contributed by atoms with Crippen molar-refractivity contribution in [2.45, 2.75) is 0 Å². The summed E-state index contributed by atoms with van der Waals surface area (Å²) in [6.45, 7) is 0. The fourth-order valence-corrected chi connectivity index (χ4v) is 7.58. The summed E-state index contributed by atoms with van der Waals surface area (Å²) in [7, 11) is 0. The van der Waals surface area contributed by atoms with Crippen LogP contribution in [-0.4, -0.2) is 19.5 Å². The lowest BCUT2D eigenvalue weighted by molar-refractivity contribution is 1.07. The van der Waals surface area contributed by atoms with Crippen LogP contribution in [0.3, 0.4) is 0 Å². The first-order chi connectivity index (χ1) is 27.8. The van der Waals surface area contributed by atoms with Crippen LogP contribution in [0.5, 0.6) is 0 Å². The van der Waals surface area contributed by atoms with Gasteiger partial charge in [-0.15, -0.1) is 0 Å². The van der Waals surface area contributed by atoms with Crippen molar-refractivity contribution in [1.29, 1.82) is 0 Å². The molecule has 0 bridgehead atoms. The predicted molar refractivity (Wildman–Crippen MR) is 231 cm³/mol. The fraction of sp³-hybridized carbons (Fsp3) is 0. The molecule has 0 saturated carbocycles. The van der Waals surface area contributed by atoms with E-state index in [1.165, 1.54) is 21.8 Å². The molecule has 0 N–H and O–H groups in total. The van der Waals surface area contributed by atoms with Crippen LogP contribution >= 0.6 is 0 Å². The van der Waals surface area contributed by atoms with Crippen molar-refractivity contribution in [3.05, 3.63) is 212 Å². The molecule has 0 spiro atoms. The molecule has 5 heteroatoms. The van der Waals surface area contributed by atoms with Crippen molar-refractivity contribution in [2.24, 2.45) is 0 Å². The van der Waals surface area contributed by atoms with Crippen molar-refractivity contribution in [3.8, 4) is 51.0 Å². The lowest BCUT2D eigenvalue weighted by Crippen LogP contribution is -2.10. The van der Waals surface area contributed by atoms with E-state index in [-0.39, 0.29) is 0 Å². The van der Waals surface area contributed by atoms with Gasteiger partial charge < -0.3 is 9.47 Å². The van der Waals surface area contributed by atoms with Crippen LogP contribution in [-0.2, 0) is 0 Å². The molecule has 0 aliphatic heterocycles. The summed E-state index contributed by atoms with van der Waals surface area (Å²) in [5.74, 6) is 1.89. The van der Waals surface area contributed by atoms with Crippen molar-refractivity contribution >= 4 is 38.9 Å². The van der Waals surface area contributed by atoms with Gasteiger partial charge in [-0.1, -0.05) is 146 Å². The molecule has 0 unspecified atom stereocenters. The number of nitrogens with zero attached hydrogens (tertiary/aromatic N) is 5. The van der Waals surface area contributed by atoms with Gasteiger partial charge in [0.1, 0.15) is 0 Å². The minimum atomic E-state index is 0.615. The van der Waals surface area contributed by atoms with Crippen molar-refractivity contribution in [2.75, 3.05) is 4.90 Å². The number of benzene rings is 8. The minimum Gasteiger partial charge on any atom is -0.310 e. The van der Waals surface area contributed by atoms with Crippen molar-refractivity contribution < 1.29 is 0 Å². The number of para-hydroxylation sites is 3. The number of anilines is 3. The van der Waals surface area contributed by atoms with Gasteiger partial charge in [0.25, 0.3) is 0 Å². The smallest absolute Gasteiger partial charge is 0.164 e. The van der Waals surface area contributed by atoms with E-state index in [2.05, 4.69) is 161 Å². The average molecular weight is 718 g/mol. The largest absolute Gasteiger partial charge is 0.310 e. The Morgan fingerprint density at radius 1 is 0.304 bits per heavy atom. The average Bonchev–Trinajstić information content (AvgIpc) is 3.61. The summed E-state index contributed by atoms with van der Waals surface area (Å²) in [5, 5.41) is 2.46. The van der Waals surface area contributed by atoms with Gasteiger partial charge >= 0.3 is 0 Å². The Morgan fingerprint density at radius 2 is 0.750 bits per heavy atom. The molecule has 8 aromatic carbocycles. The maximum absolute atomic E-state index is 5.02. The quantitative estimate of drug-likeness (QED) is 0.157. The Balaban J connectivity index is 1.08. The molecule has 5 nitrogen and oxygen atoms in total. The minimum absolute atomic E-state index is 0.615. The first kappa shape index (κ1) is 33.0. The second-order valence-corrected chi connectivity index (χ2v) is 13.7. The van der Waals surface area contributed by atoms with Gasteiger partial charge in [0.2, 0.25) is 0 Å². The number of hydrogen-bond acceptors (Lipinski definition) is 4. The molecule has 0 amide bonds. The van der Waals surface area contributed by atoms with Crippen LogP contribution in [0.1, 0.15) is 0 Å². The molecule has 0 aliphatic rings. The van der Waals surface area contributed by atoms with Gasteiger partial charge in [0.05, 0.1) is 11.0 Å². The Morgan fingerprint density at radius 3 is 1.39 bits per heavy atom. The first-order valence-electron chi connectivity index (χ1n) is 18.8. The van der Waals surface area contributed by atoms with Gasteiger partial charge in [-0.25, -0.2) is 15.0 Å². The summed E-state index contributed by atoms with van der Waals surface area (Å²) in [4.78, 5) is 17.3. The fourth-order valence-electron chi connectivity index (χ4n) is 7.58. The van der Waals surface area contributed by atoms with Gasteiger partial charge in [-0.2, -0.15) is 0 Å². The maximum Gasteiger partial charge on any atom is 0.164 e. The third-order valence-corrected chi connectivity index (χ3v) is 10.2. The second-order valence-electron chi connectivity index (χ2n) is 13.7. The van der Waals surface area contributed by atoms with Gasteiger partial charge in [-0.05, 0) is 77.9 Å². The van der Waals surface area contributed by atoms with Crippen LogP contribution in [0, 0.1) is 0 Å². The van der Waals surface area contributed by atoms with Gasteiger partial charge in [0.15, 0.2) is 17.5 Å². The van der Waals surface area contributed by atoms with E-state index in [9.17, 15) is 0 Å². The highest BCUT2D eigenvalue weighted by Gasteiger charge is 2.18. The standard InChI is InChI=1S/C51H35N5/c1-5-17-36(18-6-1)49-52-50(37-19-7-2-8-20-37)54-51(53-49)40-22-16-28-44(34-40)55(41-23-9-3-10-24-41)43-27-15-21-38(33-43)39-31-32-48-46(35-39)45-29-13-14-30-47(45)56(48)42-25-11-4-12-26-42/h1-35H. The van der Waals surface area contributed by atoms with E-state index in [0.29, 0.717) is 17.5 Å². The molecular weight excluding hydrogens is 683 g/mol. The van der Waals surface area contributed by atoms with Crippen LogP contribution in [0.25, 0.3) is 72.8 Å². The number of fused-ring (bicyclic) bond motifs is 3. The predicted octanol–water partition coefficient (Wildman–Crippen LogP) is 13.1. The molecule has 0 aliphatic carbocycles. The van der Waals surface area contributed by atoms with Gasteiger partial charge in [0, 0.05) is 50.2 Å². The normalized spacial score (nSPS) is 11.2. The van der Waals surface area contributed by atoms with E-state index >= 15 is 0 Å². The van der Waals surface area contributed by atoms with E-state index in [1.54, 1.807) is 0 Å². The Hall–Kier alpha value is -7.63. The van der Waals surface area contributed by atoms with Gasteiger partial charge in [-0.3, -0.25) is 0 Å². The summed E-state index contributed by atoms with van der Waals surface area (Å²) in [5.41, 5.74) is 11.7. The van der Waals surface area contributed by atoms with Crippen molar-refractivity contribution in [3.63, 3.8) is 0 Å². The Bertz CT molecular complexity index is 2900. The molecule has 0 atom stereocenters. The van der Waals surface area contributed by atoms with Crippen LogP contribution < -0.4 is 4.90 Å². The third kappa shape index (κ3) is 6.17. The monoisotopic (exact) mass is 717 g/mol. The molecular formula is C51H35N5. The molecule has 2 aromatic heterocycles. The molecule has 0 saturated heterocycles. The lowest BCUT2D eigenvalue weighted by Gasteiger charge is -2.26. The zero-order valence-corrected chi connectivity index (χ0v) is 30.4. The number of hydrogen-bond donors (Lipinski definition) is 0. The highest BCUT2D eigenvalue weighted by Crippen LogP contribution is 2.40. The topological polar surface area (TPSA) is 46.8 Å². The molecule has 10 rings (SSSR count). The Kier molecular flexibility index (Phi) is 8.43. The van der Waals surface area contributed by atoms with Crippen molar-refractivity contribution in [1.82, 2.24) is 19.5 Å². The third-order valence-electron chi connectivity index (χ3n) is 10.2. The molecule has 56 heavy (non-hydrogen) atoms. The highest BCUT2D eigenvalue weighted by atomic mass is 15.1. The van der Waals surface area contributed by atoms with E-state index in [1.807, 2.05) is 60.7 Å². The second kappa shape index (κ2) is 14.3. The lowest BCUT2D eigenvalue weighted by atomic mass is 10.0. The van der Waals surface area contributed by atoms with E-state index in [0.717, 1.165) is 50.6 Å².